The summed E-state index contributed by atoms with van der Waals surface area (Å²) in [4.78, 5) is 0. The molecule has 0 unspecified atom stereocenters. The maximum atomic E-state index is 2.55. The van der Waals surface area contributed by atoms with Crippen molar-refractivity contribution in [3.05, 3.63) is 255 Å². The molecule has 3 heteroatoms. The summed E-state index contributed by atoms with van der Waals surface area (Å²) in [5, 5.41) is 10.4. The summed E-state index contributed by atoms with van der Waals surface area (Å²) in [5.74, 6) is 0. The van der Waals surface area contributed by atoms with Crippen LogP contribution in [0, 0.1) is 0 Å². The van der Waals surface area contributed by atoms with Crippen molar-refractivity contribution in [2.45, 2.75) is 0 Å². The summed E-state index contributed by atoms with van der Waals surface area (Å²) < 4.78 is 5.06. The number of nitrogens with zero attached hydrogens (tertiary/aromatic N) is 2. The summed E-state index contributed by atoms with van der Waals surface area (Å²) in [5.41, 5.74) is 11.9. The van der Waals surface area contributed by atoms with Crippen LogP contribution in [0.5, 0.6) is 0 Å². The fraction of sp³-hybridized carbons (Fsp3) is 0. The Morgan fingerprint density at radius 2 is 0.762 bits per heavy atom. The molecule has 63 heavy (non-hydrogen) atoms. The minimum absolute atomic E-state index is 1.15. The van der Waals surface area contributed by atoms with Crippen LogP contribution in [0.25, 0.3) is 77.2 Å². The highest BCUT2D eigenvalue weighted by Crippen LogP contribution is 2.41. The molecule has 0 atom stereocenters. The van der Waals surface area contributed by atoms with E-state index in [9.17, 15) is 0 Å². The SMILES string of the molecule is c1ccc(-c2cccc([Si](c3ccccc3)(c3ccccc3)c3cccc4c3c3ccccc3n4-c3cccc4c5ccccc5n(-c5ccccc5-c5ccccc5)c34)c2)cc1. The molecular weight excluding hydrogens is 777 g/mol. The zero-order chi connectivity index (χ0) is 41.7. The molecule has 0 spiro atoms. The summed E-state index contributed by atoms with van der Waals surface area (Å²) in [6, 6.07) is 94.4. The predicted octanol–water partition coefficient (Wildman–Crippen LogP) is 12.6. The van der Waals surface area contributed by atoms with E-state index in [0.29, 0.717) is 0 Å². The first-order valence-corrected chi connectivity index (χ1v) is 23.8. The van der Waals surface area contributed by atoms with E-state index in [4.69, 9.17) is 0 Å². The Hall–Kier alpha value is -7.98. The summed E-state index contributed by atoms with van der Waals surface area (Å²) in [6.45, 7) is 0. The van der Waals surface area contributed by atoms with Gasteiger partial charge in [-0.1, -0.05) is 224 Å². The van der Waals surface area contributed by atoms with E-state index in [1.165, 1.54) is 86.6 Å². The Morgan fingerprint density at radius 3 is 1.48 bits per heavy atom. The van der Waals surface area contributed by atoms with Crippen LogP contribution in [0.2, 0.25) is 0 Å². The molecule has 0 saturated carbocycles. The number of hydrogen-bond donors (Lipinski definition) is 0. The average molecular weight is 819 g/mol. The van der Waals surface area contributed by atoms with Crippen LogP contribution in [0.3, 0.4) is 0 Å². The summed E-state index contributed by atoms with van der Waals surface area (Å²) in [7, 11) is -3.04. The number of fused-ring (bicyclic) bond motifs is 6. The minimum Gasteiger partial charge on any atom is -0.307 e. The van der Waals surface area contributed by atoms with E-state index in [2.05, 4.69) is 264 Å². The standard InChI is InChI=1S/C60H42N2Si/c1-5-22-43(23-6-1)45-26-19-31-48(42-45)63(46-27-9-3-10-28-46,47-29-11-4-12-30-47)58-41-21-39-56-59(58)52-34-15-18-38-55(52)61(56)57-40-20-35-51-50-33-14-17-37-54(50)62(60(51)57)53-36-16-13-32-49(53)44-24-7-2-8-25-44/h1-42H. The highest BCUT2D eigenvalue weighted by molar-refractivity contribution is 7.20. The number of aromatic nitrogens is 2. The number of rotatable bonds is 8. The molecule has 0 aliphatic heterocycles. The molecule has 0 amide bonds. The van der Waals surface area contributed by atoms with Gasteiger partial charge in [-0.3, -0.25) is 0 Å². The van der Waals surface area contributed by atoms with Crippen LogP contribution >= 0.6 is 0 Å². The van der Waals surface area contributed by atoms with Crippen molar-refractivity contribution >= 4 is 72.4 Å². The van der Waals surface area contributed by atoms with Gasteiger partial charge in [0.05, 0.1) is 33.4 Å². The quantitative estimate of drug-likeness (QED) is 0.107. The fourth-order valence-electron chi connectivity index (χ4n) is 10.5. The lowest BCUT2D eigenvalue weighted by atomic mass is 10.0. The third-order valence-electron chi connectivity index (χ3n) is 13.1. The Labute approximate surface area is 368 Å². The second-order valence-corrected chi connectivity index (χ2v) is 20.2. The third kappa shape index (κ3) is 5.78. The van der Waals surface area contributed by atoms with Crippen LogP contribution in [0.1, 0.15) is 0 Å². The van der Waals surface area contributed by atoms with E-state index in [1.54, 1.807) is 0 Å². The first-order valence-electron chi connectivity index (χ1n) is 21.8. The monoisotopic (exact) mass is 818 g/mol. The van der Waals surface area contributed by atoms with Crippen LogP contribution in [0.4, 0.5) is 0 Å². The minimum atomic E-state index is -3.04. The van der Waals surface area contributed by atoms with Crippen LogP contribution in [-0.4, -0.2) is 17.2 Å². The lowest BCUT2D eigenvalue weighted by molar-refractivity contribution is 1.13. The van der Waals surface area contributed by atoms with Crippen LogP contribution < -0.4 is 20.7 Å². The molecule has 12 aromatic rings. The molecule has 296 valence electrons. The van der Waals surface area contributed by atoms with Gasteiger partial charge in [-0.15, -0.1) is 0 Å². The van der Waals surface area contributed by atoms with Gasteiger partial charge in [-0.05, 0) is 67.8 Å². The number of benzene rings is 10. The third-order valence-corrected chi connectivity index (χ3v) is 17.9. The van der Waals surface area contributed by atoms with Gasteiger partial charge < -0.3 is 9.13 Å². The van der Waals surface area contributed by atoms with Crippen LogP contribution in [0.15, 0.2) is 255 Å². The second kappa shape index (κ2) is 15.2. The van der Waals surface area contributed by atoms with Gasteiger partial charge in [-0.25, -0.2) is 0 Å². The fourth-order valence-corrected chi connectivity index (χ4v) is 15.5. The molecule has 12 rings (SSSR count). The molecule has 2 nitrogen and oxygen atoms in total. The van der Waals surface area contributed by atoms with Crippen molar-refractivity contribution < 1.29 is 0 Å². The summed E-state index contributed by atoms with van der Waals surface area (Å²) in [6.07, 6.45) is 0. The van der Waals surface area contributed by atoms with E-state index < -0.39 is 8.07 Å². The van der Waals surface area contributed by atoms with Crippen molar-refractivity contribution in [2.75, 3.05) is 0 Å². The second-order valence-electron chi connectivity index (χ2n) is 16.4. The van der Waals surface area contributed by atoms with Crippen molar-refractivity contribution in [1.82, 2.24) is 9.13 Å². The first kappa shape index (κ1) is 36.8. The van der Waals surface area contributed by atoms with Gasteiger partial charge in [-0.2, -0.15) is 0 Å². The van der Waals surface area contributed by atoms with Crippen molar-refractivity contribution in [2.24, 2.45) is 0 Å². The van der Waals surface area contributed by atoms with E-state index >= 15 is 0 Å². The Bertz CT molecular complexity index is 3570. The Balaban J connectivity index is 1.22. The predicted molar refractivity (Wildman–Crippen MR) is 270 cm³/mol. The first-order chi connectivity index (χ1) is 31.3. The molecular formula is C60H42N2Si. The highest BCUT2D eigenvalue weighted by Gasteiger charge is 2.43. The van der Waals surface area contributed by atoms with Gasteiger partial charge in [0, 0.05) is 27.1 Å². The van der Waals surface area contributed by atoms with Gasteiger partial charge in [0.1, 0.15) is 0 Å². The zero-order valence-corrected chi connectivity index (χ0v) is 35.6. The highest BCUT2D eigenvalue weighted by atomic mass is 28.3. The topological polar surface area (TPSA) is 9.86 Å². The number of para-hydroxylation sites is 4. The molecule has 10 aromatic carbocycles. The molecule has 2 aromatic heterocycles. The van der Waals surface area contributed by atoms with Crippen molar-refractivity contribution in [3.8, 4) is 33.6 Å². The Kier molecular flexibility index (Phi) is 8.87. The zero-order valence-electron chi connectivity index (χ0n) is 34.6. The molecule has 0 saturated heterocycles. The normalized spacial score (nSPS) is 11.8. The molecule has 2 heterocycles. The molecule has 0 fully saturated rings. The van der Waals surface area contributed by atoms with Gasteiger partial charge in [0.25, 0.3) is 0 Å². The van der Waals surface area contributed by atoms with E-state index in [-0.39, 0.29) is 0 Å². The van der Waals surface area contributed by atoms with Gasteiger partial charge in [0.2, 0.25) is 0 Å². The number of hydrogen-bond acceptors (Lipinski definition) is 0. The largest absolute Gasteiger partial charge is 0.307 e. The van der Waals surface area contributed by atoms with E-state index in [1.807, 2.05) is 0 Å². The average Bonchev–Trinajstić information content (AvgIpc) is 3.89. The van der Waals surface area contributed by atoms with Crippen LogP contribution in [-0.2, 0) is 0 Å². The lowest BCUT2D eigenvalue weighted by Crippen LogP contribution is -2.74. The molecule has 0 bridgehead atoms. The maximum Gasteiger partial charge on any atom is 0.180 e. The summed E-state index contributed by atoms with van der Waals surface area (Å²) >= 11 is 0. The smallest absolute Gasteiger partial charge is 0.180 e. The van der Waals surface area contributed by atoms with Gasteiger partial charge in [0.15, 0.2) is 8.07 Å². The molecule has 0 aliphatic carbocycles. The maximum absolute atomic E-state index is 3.04. The van der Waals surface area contributed by atoms with E-state index in [0.717, 1.165) is 11.4 Å². The van der Waals surface area contributed by atoms with Gasteiger partial charge >= 0.3 is 0 Å². The Morgan fingerprint density at radius 1 is 0.286 bits per heavy atom. The molecule has 0 aliphatic rings. The lowest BCUT2D eigenvalue weighted by Gasteiger charge is -2.35. The van der Waals surface area contributed by atoms with Crippen molar-refractivity contribution in [1.29, 1.82) is 0 Å². The molecule has 0 N–H and O–H groups in total. The van der Waals surface area contributed by atoms with Crippen molar-refractivity contribution in [3.63, 3.8) is 0 Å². The molecule has 0 radical (unpaired) electrons.